The maximum absolute atomic E-state index is 11.4. The number of anilines is 3. The molecule has 3 aromatic rings. The predicted molar refractivity (Wildman–Crippen MR) is 116 cm³/mol. The van der Waals surface area contributed by atoms with Crippen LogP contribution in [0.5, 0.6) is 11.5 Å². The van der Waals surface area contributed by atoms with Gasteiger partial charge in [0.05, 0.1) is 20.3 Å². The van der Waals surface area contributed by atoms with Crippen molar-refractivity contribution in [2.75, 3.05) is 43.8 Å². The number of nitrogens with one attached hydrogen (secondary N) is 2. The van der Waals surface area contributed by atoms with Gasteiger partial charge in [-0.3, -0.25) is 0 Å². The Bertz CT molecular complexity index is 983. The van der Waals surface area contributed by atoms with Crippen molar-refractivity contribution in [3.05, 3.63) is 30.6 Å². The van der Waals surface area contributed by atoms with Crippen LogP contribution >= 0.6 is 0 Å². The van der Waals surface area contributed by atoms with Gasteiger partial charge in [0.15, 0.2) is 11.5 Å². The highest BCUT2D eigenvalue weighted by Crippen LogP contribution is 2.28. The van der Waals surface area contributed by atoms with Gasteiger partial charge in [0.2, 0.25) is 5.95 Å². The normalized spacial score (nSPS) is 15.9. The molecule has 2 N–H and O–H groups in total. The van der Waals surface area contributed by atoms with Crippen molar-refractivity contribution < 1.29 is 14.0 Å². The molecule has 0 aliphatic carbocycles. The Hall–Kier alpha value is -2.76. The van der Waals surface area contributed by atoms with Crippen LogP contribution in [0, 0.1) is 0 Å². The lowest BCUT2D eigenvalue weighted by Gasteiger charge is -2.32. The van der Waals surface area contributed by atoms with Crippen LogP contribution in [0.25, 0.3) is 5.65 Å². The fourth-order valence-corrected chi connectivity index (χ4v) is 4.24. The van der Waals surface area contributed by atoms with Gasteiger partial charge in [-0.25, -0.2) is 9.50 Å². The summed E-state index contributed by atoms with van der Waals surface area (Å²) in [6, 6.07) is 5.76. The Labute approximate surface area is 177 Å². The largest absolute Gasteiger partial charge is 0.598 e. The molecule has 1 fully saturated rings. The maximum Gasteiger partial charge on any atom is 0.247 e. The van der Waals surface area contributed by atoms with Crippen LogP contribution in [0.2, 0.25) is 0 Å². The van der Waals surface area contributed by atoms with Crippen molar-refractivity contribution in [2.24, 2.45) is 0 Å². The summed E-state index contributed by atoms with van der Waals surface area (Å²) < 4.78 is 26.9. The van der Waals surface area contributed by atoms with Gasteiger partial charge in [-0.2, -0.15) is 4.98 Å². The number of fused-ring (bicyclic) bond motifs is 1. The van der Waals surface area contributed by atoms with Gasteiger partial charge in [0.1, 0.15) is 17.8 Å². The summed E-state index contributed by atoms with van der Waals surface area (Å²) in [5, 5.41) is 7.73. The van der Waals surface area contributed by atoms with Crippen LogP contribution in [0.1, 0.15) is 12.8 Å². The molecule has 1 unspecified atom stereocenters. The number of rotatable bonds is 7. The van der Waals surface area contributed by atoms with E-state index in [4.69, 9.17) is 9.47 Å². The van der Waals surface area contributed by atoms with Crippen LogP contribution in [0.15, 0.2) is 30.6 Å². The van der Waals surface area contributed by atoms with E-state index in [1.807, 2.05) is 12.1 Å². The summed E-state index contributed by atoms with van der Waals surface area (Å²) in [4.78, 5) is 11.4. The third kappa shape index (κ3) is 4.53. The van der Waals surface area contributed by atoms with E-state index in [0.717, 1.165) is 37.4 Å². The number of piperidine rings is 1. The Balaban J connectivity index is 1.54. The summed E-state index contributed by atoms with van der Waals surface area (Å²) in [5.41, 5.74) is 1.44. The topological polar surface area (TPSA) is 112 Å². The van der Waals surface area contributed by atoms with E-state index in [1.54, 1.807) is 43.5 Å². The second kappa shape index (κ2) is 8.94. The molecule has 1 aliphatic heterocycles. The van der Waals surface area contributed by atoms with Crippen molar-refractivity contribution >= 4 is 34.5 Å². The van der Waals surface area contributed by atoms with Crippen LogP contribution < -0.4 is 24.4 Å². The SMILES string of the molecule is COc1cc(Nc2nc3c(N4CCC(N[S+](C)[O-])CC4)nccn3n2)cc(OC)c1. The average molecular weight is 432 g/mol. The standard InChI is InChI=1S/C19H25N7O3S/c1-28-15-10-14(11-16(12-15)29-2)21-19-22-18-17(20-6-9-26(18)23-19)25-7-4-13(5-8-25)24-30(3)27/h6,9-13,24H,4-5,7-8H2,1-3H3,(H,21,23). The second-order valence-corrected chi connectivity index (χ2v) is 8.16. The van der Waals surface area contributed by atoms with Gasteiger partial charge in [0, 0.05) is 60.7 Å². The van der Waals surface area contributed by atoms with Gasteiger partial charge in [-0.15, -0.1) is 9.82 Å². The van der Waals surface area contributed by atoms with Crippen molar-refractivity contribution in [1.82, 2.24) is 24.3 Å². The highest BCUT2D eigenvalue weighted by Gasteiger charge is 2.24. The first kappa shape index (κ1) is 20.5. The number of aromatic nitrogens is 4. The summed E-state index contributed by atoms with van der Waals surface area (Å²) in [7, 11) is 3.22. The third-order valence-corrected chi connectivity index (χ3v) is 5.64. The Morgan fingerprint density at radius 1 is 1.13 bits per heavy atom. The number of nitrogens with zero attached hydrogens (tertiary/aromatic N) is 5. The minimum absolute atomic E-state index is 0.255. The molecule has 10 nitrogen and oxygen atoms in total. The molecule has 11 heteroatoms. The smallest absolute Gasteiger partial charge is 0.247 e. The maximum atomic E-state index is 11.4. The summed E-state index contributed by atoms with van der Waals surface area (Å²) >= 11 is -0.999. The minimum Gasteiger partial charge on any atom is -0.598 e. The molecule has 0 bridgehead atoms. The number of hydrogen-bond acceptors (Lipinski definition) is 9. The molecule has 0 spiro atoms. The number of methoxy groups -OCH3 is 2. The first-order valence-corrected chi connectivity index (χ1v) is 11.2. The van der Waals surface area contributed by atoms with Gasteiger partial charge in [-0.05, 0) is 12.8 Å². The number of ether oxygens (including phenoxy) is 2. The lowest BCUT2D eigenvalue weighted by molar-refractivity contribution is 0.395. The molecule has 160 valence electrons. The Morgan fingerprint density at radius 3 is 2.47 bits per heavy atom. The average Bonchev–Trinajstić information content (AvgIpc) is 3.16. The zero-order chi connectivity index (χ0) is 21.1. The predicted octanol–water partition coefficient (Wildman–Crippen LogP) is 1.74. The molecular formula is C19H25N7O3S. The Morgan fingerprint density at radius 2 is 1.83 bits per heavy atom. The van der Waals surface area contributed by atoms with Gasteiger partial charge in [-0.1, -0.05) is 0 Å². The third-order valence-electron chi connectivity index (χ3n) is 4.97. The molecule has 1 saturated heterocycles. The molecule has 30 heavy (non-hydrogen) atoms. The first-order valence-electron chi connectivity index (χ1n) is 9.61. The molecule has 1 atom stereocenters. The quantitative estimate of drug-likeness (QED) is 0.540. The molecular weight excluding hydrogens is 406 g/mol. The fourth-order valence-electron chi connectivity index (χ4n) is 3.53. The highest BCUT2D eigenvalue weighted by atomic mass is 32.2. The van der Waals surface area contributed by atoms with Crippen LogP contribution in [-0.2, 0) is 11.4 Å². The summed E-state index contributed by atoms with van der Waals surface area (Å²) in [5.74, 6) is 2.59. The zero-order valence-electron chi connectivity index (χ0n) is 17.2. The molecule has 3 heterocycles. The number of benzene rings is 1. The molecule has 1 aliphatic rings. The fraction of sp³-hybridized carbons (Fsp3) is 0.421. The van der Waals surface area contributed by atoms with Crippen LogP contribution in [-0.4, -0.2) is 63.7 Å². The highest BCUT2D eigenvalue weighted by molar-refractivity contribution is 7.88. The first-order chi connectivity index (χ1) is 14.6. The molecule has 0 radical (unpaired) electrons. The van der Waals surface area contributed by atoms with Crippen molar-refractivity contribution in [3.8, 4) is 11.5 Å². The molecule has 4 rings (SSSR count). The zero-order valence-corrected chi connectivity index (χ0v) is 18.0. The van der Waals surface area contributed by atoms with Crippen molar-refractivity contribution in [3.63, 3.8) is 0 Å². The number of hydrogen-bond donors (Lipinski definition) is 2. The van der Waals surface area contributed by atoms with E-state index in [-0.39, 0.29) is 6.04 Å². The van der Waals surface area contributed by atoms with E-state index >= 15 is 0 Å². The van der Waals surface area contributed by atoms with Gasteiger partial charge in [0.25, 0.3) is 0 Å². The molecule has 1 aromatic carbocycles. The van der Waals surface area contributed by atoms with E-state index < -0.39 is 11.4 Å². The van der Waals surface area contributed by atoms with Crippen molar-refractivity contribution in [1.29, 1.82) is 0 Å². The molecule has 0 amide bonds. The van der Waals surface area contributed by atoms with E-state index in [9.17, 15) is 4.55 Å². The van der Waals surface area contributed by atoms with Crippen LogP contribution in [0.4, 0.5) is 17.5 Å². The summed E-state index contributed by atoms with van der Waals surface area (Å²) in [6.07, 6.45) is 6.95. The van der Waals surface area contributed by atoms with Crippen molar-refractivity contribution in [2.45, 2.75) is 18.9 Å². The van der Waals surface area contributed by atoms with Crippen LogP contribution in [0.3, 0.4) is 0 Å². The van der Waals surface area contributed by atoms with Gasteiger partial charge < -0.3 is 24.2 Å². The summed E-state index contributed by atoms with van der Waals surface area (Å²) in [6.45, 7) is 1.62. The van der Waals surface area contributed by atoms with E-state index in [0.29, 0.717) is 23.1 Å². The lowest BCUT2D eigenvalue weighted by Crippen LogP contribution is -2.44. The molecule has 2 aromatic heterocycles. The lowest BCUT2D eigenvalue weighted by atomic mass is 10.1. The Kier molecular flexibility index (Phi) is 6.11. The van der Waals surface area contributed by atoms with E-state index in [1.165, 1.54) is 0 Å². The second-order valence-electron chi connectivity index (χ2n) is 7.01. The molecule has 0 saturated carbocycles. The van der Waals surface area contributed by atoms with Gasteiger partial charge >= 0.3 is 0 Å². The monoisotopic (exact) mass is 431 g/mol. The van der Waals surface area contributed by atoms with E-state index in [2.05, 4.69) is 30.0 Å². The minimum atomic E-state index is -0.999.